The summed E-state index contributed by atoms with van der Waals surface area (Å²) in [5, 5.41) is 18.3. The van der Waals surface area contributed by atoms with Gasteiger partial charge >= 0.3 is 15.6 Å². The van der Waals surface area contributed by atoms with Crippen LogP contribution in [0.3, 0.4) is 0 Å². The molecule has 0 saturated heterocycles. The largest absolute Gasteiger partial charge is 0.470 e. The fraction of sp³-hybridized carbons (Fsp3) is 1.00. The molecule has 10 nitrogen and oxygen atoms in total. The van der Waals surface area contributed by atoms with Crippen LogP contribution in [0.25, 0.3) is 0 Å². The molecule has 0 saturated carbocycles. The van der Waals surface area contributed by atoms with Gasteiger partial charge in [-0.3, -0.25) is 9.05 Å². The first kappa shape index (κ1) is 17.1. The Morgan fingerprint density at radius 1 is 1.18 bits per heavy atom. The van der Waals surface area contributed by atoms with Gasteiger partial charge in [0.05, 0.1) is 13.2 Å². The smallest absolute Gasteiger partial charge is 0.393 e. The molecule has 0 spiro atoms. The molecular formula is C5H14O10P2. The summed E-state index contributed by atoms with van der Waals surface area (Å²) in [6, 6.07) is 0. The molecule has 104 valence electrons. The second-order valence-corrected chi connectivity index (χ2v) is 5.76. The van der Waals surface area contributed by atoms with Crippen LogP contribution in [-0.2, 0) is 18.2 Å². The highest BCUT2D eigenvalue weighted by atomic mass is 31.2. The summed E-state index contributed by atoms with van der Waals surface area (Å²) in [7, 11) is -9.83. The van der Waals surface area contributed by atoms with Crippen LogP contribution in [0.2, 0.25) is 0 Å². The number of aliphatic hydroxyl groups excluding tert-OH is 2. The zero-order valence-electron chi connectivity index (χ0n) is 8.70. The number of rotatable bonds is 7. The Kier molecular flexibility index (Phi) is 5.90. The van der Waals surface area contributed by atoms with Gasteiger partial charge in [0.15, 0.2) is 0 Å². The van der Waals surface area contributed by atoms with Crippen molar-refractivity contribution in [2.24, 2.45) is 0 Å². The Labute approximate surface area is 96.3 Å². The van der Waals surface area contributed by atoms with E-state index in [1.165, 1.54) is 0 Å². The summed E-state index contributed by atoms with van der Waals surface area (Å²) in [5.41, 5.74) is -2.12. The van der Waals surface area contributed by atoms with Gasteiger partial charge in [0.1, 0.15) is 11.7 Å². The van der Waals surface area contributed by atoms with Gasteiger partial charge in [-0.1, -0.05) is 0 Å². The van der Waals surface area contributed by atoms with Crippen molar-refractivity contribution in [1.82, 2.24) is 0 Å². The number of phosphoric ester groups is 2. The van der Waals surface area contributed by atoms with E-state index in [9.17, 15) is 14.2 Å². The molecule has 17 heavy (non-hydrogen) atoms. The number of aliphatic hydroxyl groups is 2. The first-order valence-corrected chi connectivity index (χ1v) is 7.21. The van der Waals surface area contributed by atoms with Gasteiger partial charge in [0, 0.05) is 0 Å². The van der Waals surface area contributed by atoms with Crippen molar-refractivity contribution in [2.75, 3.05) is 13.2 Å². The van der Waals surface area contributed by atoms with Gasteiger partial charge in [-0.05, 0) is 6.92 Å². The van der Waals surface area contributed by atoms with E-state index in [0.717, 1.165) is 6.92 Å². The maximum atomic E-state index is 10.6. The minimum atomic E-state index is -4.99. The molecule has 0 bridgehead atoms. The zero-order valence-corrected chi connectivity index (χ0v) is 10.5. The molecule has 0 amide bonds. The molecule has 0 rings (SSSR count). The third kappa shape index (κ3) is 7.22. The number of phosphoric acid groups is 2. The second kappa shape index (κ2) is 5.85. The Bertz CT molecular complexity index is 332. The van der Waals surface area contributed by atoms with E-state index in [1.807, 2.05) is 0 Å². The summed E-state index contributed by atoms with van der Waals surface area (Å²) in [6.07, 6.45) is -1.85. The molecule has 0 aromatic rings. The van der Waals surface area contributed by atoms with E-state index < -0.39 is 40.6 Å². The van der Waals surface area contributed by atoms with Crippen molar-refractivity contribution >= 4 is 15.6 Å². The quantitative estimate of drug-likeness (QED) is 0.297. The average Bonchev–Trinajstić information content (AvgIpc) is 2.10. The predicted octanol–water partition coefficient (Wildman–Crippen LogP) is -1.68. The minimum Gasteiger partial charge on any atom is -0.393 e. The van der Waals surface area contributed by atoms with Crippen LogP contribution in [0.5, 0.6) is 0 Å². The third-order valence-corrected chi connectivity index (χ3v) is 2.89. The predicted molar refractivity (Wildman–Crippen MR) is 52.6 cm³/mol. The van der Waals surface area contributed by atoms with Crippen LogP contribution >= 0.6 is 15.6 Å². The summed E-state index contributed by atoms with van der Waals surface area (Å²) in [6.45, 7) is -1.02. The molecule has 2 atom stereocenters. The Morgan fingerprint density at radius 3 is 1.94 bits per heavy atom. The van der Waals surface area contributed by atoms with Crippen LogP contribution in [0.4, 0.5) is 0 Å². The summed E-state index contributed by atoms with van der Waals surface area (Å²) in [4.78, 5) is 33.8. The Morgan fingerprint density at radius 2 is 1.65 bits per heavy atom. The summed E-state index contributed by atoms with van der Waals surface area (Å²) >= 11 is 0. The molecule has 0 aliphatic rings. The maximum Gasteiger partial charge on any atom is 0.470 e. The first-order chi connectivity index (χ1) is 7.40. The number of hydrogen-bond acceptors (Lipinski definition) is 6. The lowest BCUT2D eigenvalue weighted by molar-refractivity contribution is -0.101. The standard InChI is InChI=1S/C5H14O10P2/c1-5(3-6,15-17(11,12)13)4(7)2-14-16(8,9)10/h4,6-7H,2-3H2,1H3,(H2,8,9,10)(H2,11,12,13). The van der Waals surface area contributed by atoms with E-state index in [-0.39, 0.29) is 0 Å². The van der Waals surface area contributed by atoms with Gasteiger partial charge in [-0.15, -0.1) is 0 Å². The summed E-state index contributed by atoms with van der Waals surface area (Å²) in [5.74, 6) is 0. The van der Waals surface area contributed by atoms with Crippen LogP contribution in [0.1, 0.15) is 6.92 Å². The lowest BCUT2D eigenvalue weighted by Gasteiger charge is -2.32. The molecule has 6 N–H and O–H groups in total. The fourth-order valence-electron chi connectivity index (χ4n) is 0.811. The van der Waals surface area contributed by atoms with E-state index in [2.05, 4.69) is 9.05 Å². The highest BCUT2D eigenvalue weighted by Gasteiger charge is 2.40. The van der Waals surface area contributed by atoms with Gasteiger partial charge in [0.25, 0.3) is 0 Å². The van der Waals surface area contributed by atoms with Gasteiger partial charge in [0.2, 0.25) is 0 Å². The van der Waals surface area contributed by atoms with Crippen molar-refractivity contribution in [2.45, 2.75) is 18.6 Å². The first-order valence-electron chi connectivity index (χ1n) is 4.15. The molecule has 0 fully saturated rings. The molecule has 2 unspecified atom stereocenters. The van der Waals surface area contributed by atoms with Crippen LogP contribution in [0, 0.1) is 0 Å². The molecule has 0 radical (unpaired) electrons. The molecule has 0 aromatic heterocycles. The molecule has 0 aromatic carbocycles. The number of hydrogen-bond donors (Lipinski definition) is 6. The second-order valence-electron chi connectivity index (χ2n) is 3.35. The van der Waals surface area contributed by atoms with Crippen molar-refractivity contribution in [3.05, 3.63) is 0 Å². The Balaban J connectivity index is 4.64. The van der Waals surface area contributed by atoms with Crippen LogP contribution < -0.4 is 0 Å². The third-order valence-electron chi connectivity index (χ3n) is 1.75. The molecule has 0 aliphatic carbocycles. The average molecular weight is 296 g/mol. The molecular weight excluding hydrogens is 282 g/mol. The van der Waals surface area contributed by atoms with Crippen molar-refractivity contribution in [3.63, 3.8) is 0 Å². The van der Waals surface area contributed by atoms with Crippen molar-refractivity contribution in [3.8, 4) is 0 Å². The fourth-order valence-corrected chi connectivity index (χ4v) is 1.87. The van der Waals surface area contributed by atoms with Gasteiger partial charge < -0.3 is 29.8 Å². The van der Waals surface area contributed by atoms with E-state index in [1.54, 1.807) is 0 Å². The highest BCUT2D eigenvalue weighted by Crippen LogP contribution is 2.43. The lowest BCUT2D eigenvalue weighted by Crippen LogP contribution is -2.47. The lowest BCUT2D eigenvalue weighted by atomic mass is 10.0. The van der Waals surface area contributed by atoms with Crippen molar-refractivity contribution in [1.29, 1.82) is 0 Å². The monoisotopic (exact) mass is 296 g/mol. The minimum absolute atomic E-state index is 0.944. The van der Waals surface area contributed by atoms with Gasteiger partial charge in [-0.25, -0.2) is 9.13 Å². The van der Waals surface area contributed by atoms with Gasteiger partial charge in [-0.2, -0.15) is 0 Å². The van der Waals surface area contributed by atoms with Crippen LogP contribution in [-0.4, -0.2) is 54.7 Å². The normalized spacial score (nSPS) is 18.8. The maximum absolute atomic E-state index is 10.6. The van der Waals surface area contributed by atoms with E-state index in [4.69, 9.17) is 24.7 Å². The molecule has 0 heterocycles. The van der Waals surface area contributed by atoms with E-state index >= 15 is 0 Å². The SMILES string of the molecule is CC(CO)(OP(=O)(O)O)C(O)COP(=O)(O)O. The summed E-state index contributed by atoms with van der Waals surface area (Å²) < 4.78 is 29.0. The van der Waals surface area contributed by atoms with Crippen LogP contribution in [0.15, 0.2) is 0 Å². The van der Waals surface area contributed by atoms with E-state index in [0.29, 0.717) is 0 Å². The topological polar surface area (TPSA) is 174 Å². The molecule has 0 aliphatic heterocycles. The Hall–Kier alpha value is 0.140. The van der Waals surface area contributed by atoms with Crippen molar-refractivity contribution < 1.29 is 48.0 Å². The molecule has 12 heteroatoms. The zero-order chi connectivity index (χ0) is 13.9. The highest BCUT2D eigenvalue weighted by molar-refractivity contribution is 7.46.